The number of benzene rings is 1. The number of carbonyl (C=O) groups excluding carboxylic acids is 1. The second kappa shape index (κ2) is 9.34. The molecule has 2 N–H and O–H groups in total. The minimum absolute atomic E-state index is 0.0155. The van der Waals surface area contributed by atoms with Gasteiger partial charge in [-0.15, -0.1) is 0 Å². The Morgan fingerprint density at radius 1 is 1.43 bits per heavy atom. The molecule has 1 aliphatic heterocycles. The average molecular weight is 389 g/mol. The molecule has 3 rings (SSSR count). The molecular weight excluding hydrogens is 366 g/mol. The number of amides is 1. The van der Waals surface area contributed by atoms with Crippen molar-refractivity contribution in [1.29, 1.82) is 0 Å². The van der Waals surface area contributed by atoms with Crippen LogP contribution < -0.4 is 10.1 Å². The summed E-state index contributed by atoms with van der Waals surface area (Å²) in [7, 11) is 0. The number of nitrogens with one attached hydrogen (secondary N) is 1. The summed E-state index contributed by atoms with van der Waals surface area (Å²) in [5.74, 6) is 0.909. The zero-order valence-electron chi connectivity index (χ0n) is 15.3. The predicted octanol–water partition coefficient (Wildman–Crippen LogP) is 1.71. The number of aliphatic hydroxyl groups is 1. The van der Waals surface area contributed by atoms with Crippen molar-refractivity contribution in [3.63, 3.8) is 0 Å². The Balaban J connectivity index is 1.47. The Labute approximate surface area is 162 Å². The van der Waals surface area contributed by atoms with Crippen LogP contribution in [0.5, 0.6) is 5.75 Å². The fraction of sp³-hybridized carbons (Fsp3) is 0.421. The van der Waals surface area contributed by atoms with E-state index in [4.69, 9.17) is 9.15 Å². The van der Waals surface area contributed by atoms with Crippen LogP contribution in [0.3, 0.4) is 0 Å². The Bertz CT molecular complexity index is 795. The van der Waals surface area contributed by atoms with Crippen molar-refractivity contribution in [2.45, 2.75) is 31.5 Å². The van der Waals surface area contributed by atoms with Gasteiger partial charge in [0.15, 0.2) is 0 Å². The first-order valence-electron chi connectivity index (χ1n) is 9.12. The Kier molecular flexibility index (Phi) is 6.62. The minimum atomic E-state index is -0.822. The van der Waals surface area contributed by atoms with Gasteiger partial charge in [0.2, 0.25) is 5.91 Å². The molecule has 2 aromatic rings. The van der Waals surface area contributed by atoms with Crippen LogP contribution in [0, 0.1) is 10.1 Å². The van der Waals surface area contributed by atoms with E-state index in [2.05, 4.69) is 5.32 Å². The molecule has 1 aromatic carbocycles. The third-order valence-electron chi connectivity index (χ3n) is 4.60. The second-order valence-electron chi connectivity index (χ2n) is 6.67. The molecule has 1 aliphatic rings. The monoisotopic (exact) mass is 389 g/mol. The van der Waals surface area contributed by atoms with Crippen LogP contribution in [0.2, 0.25) is 0 Å². The molecule has 0 radical (unpaired) electrons. The average Bonchev–Trinajstić information content (AvgIpc) is 3.36. The van der Waals surface area contributed by atoms with Gasteiger partial charge in [-0.2, -0.15) is 0 Å². The van der Waals surface area contributed by atoms with Crippen LogP contribution in [0.4, 0.5) is 5.69 Å². The van der Waals surface area contributed by atoms with Gasteiger partial charge < -0.3 is 19.6 Å². The van der Waals surface area contributed by atoms with Crippen LogP contribution in [0.1, 0.15) is 18.6 Å². The van der Waals surface area contributed by atoms with Crippen LogP contribution in [0.25, 0.3) is 0 Å². The van der Waals surface area contributed by atoms with E-state index in [1.165, 1.54) is 18.2 Å². The number of hydrogen-bond acceptors (Lipinski definition) is 7. The van der Waals surface area contributed by atoms with Crippen LogP contribution in [-0.4, -0.2) is 52.7 Å². The number of rotatable bonds is 9. The van der Waals surface area contributed by atoms with E-state index < -0.39 is 11.0 Å². The molecule has 1 saturated heterocycles. The standard InChI is InChI=1S/C19H23N3O6/c23-15(13-28-16-5-1-4-14(10-16)22(25)26)12-21-8-2-7-18(21)19(24)20-11-17-6-3-9-27-17/h1,3-6,9-10,15,18,23H,2,7-8,11-13H2,(H,20,24). The van der Waals surface area contributed by atoms with E-state index in [0.29, 0.717) is 24.6 Å². The van der Waals surface area contributed by atoms with E-state index in [0.717, 1.165) is 12.8 Å². The minimum Gasteiger partial charge on any atom is -0.491 e. The number of ether oxygens (including phenoxy) is 1. The smallest absolute Gasteiger partial charge is 0.273 e. The molecule has 1 amide bonds. The molecule has 150 valence electrons. The van der Waals surface area contributed by atoms with Crippen LogP contribution in [-0.2, 0) is 11.3 Å². The number of nitrogens with zero attached hydrogens (tertiary/aromatic N) is 2. The fourth-order valence-corrected chi connectivity index (χ4v) is 3.25. The van der Waals surface area contributed by atoms with Gasteiger partial charge in [-0.3, -0.25) is 19.8 Å². The van der Waals surface area contributed by atoms with E-state index in [1.807, 2.05) is 4.90 Å². The fourth-order valence-electron chi connectivity index (χ4n) is 3.25. The first-order chi connectivity index (χ1) is 13.5. The molecule has 2 atom stereocenters. The zero-order chi connectivity index (χ0) is 19.9. The highest BCUT2D eigenvalue weighted by Gasteiger charge is 2.31. The topological polar surface area (TPSA) is 118 Å². The molecule has 2 heterocycles. The summed E-state index contributed by atoms with van der Waals surface area (Å²) in [5.41, 5.74) is -0.0696. The normalized spacial score (nSPS) is 18.0. The molecule has 0 aliphatic carbocycles. The molecule has 0 saturated carbocycles. The summed E-state index contributed by atoms with van der Waals surface area (Å²) in [6, 6.07) is 9.07. The summed E-state index contributed by atoms with van der Waals surface area (Å²) in [6.07, 6.45) is 2.33. The molecule has 0 spiro atoms. The summed E-state index contributed by atoms with van der Waals surface area (Å²) in [6.45, 7) is 1.31. The number of β-amino-alcohol motifs (C(OH)–C–C–N with tert-alkyl or cyclic N) is 1. The van der Waals surface area contributed by atoms with Gasteiger partial charge in [0.05, 0.1) is 29.8 Å². The number of nitro groups is 1. The number of likely N-dealkylation sites (tertiary alicyclic amines) is 1. The van der Waals surface area contributed by atoms with Crippen molar-refractivity contribution in [3.8, 4) is 5.75 Å². The van der Waals surface area contributed by atoms with Gasteiger partial charge in [-0.1, -0.05) is 6.07 Å². The van der Waals surface area contributed by atoms with Crippen molar-refractivity contribution in [3.05, 3.63) is 58.5 Å². The highest BCUT2D eigenvalue weighted by Crippen LogP contribution is 2.20. The molecule has 9 heteroatoms. The van der Waals surface area contributed by atoms with E-state index >= 15 is 0 Å². The first-order valence-corrected chi connectivity index (χ1v) is 9.12. The Morgan fingerprint density at radius 3 is 3.04 bits per heavy atom. The lowest BCUT2D eigenvalue weighted by Crippen LogP contribution is -2.46. The summed E-state index contributed by atoms with van der Waals surface area (Å²) in [4.78, 5) is 24.7. The van der Waals surface area contributed by atoms with Crippen molar-refractivity contribution < 1.29 is 24.0 Å². The summed E-state index contributed by atoms with van der Waals surface area (Å²) < 4.78 is 10.7. The second-order valence-corrected chi connectivity index (χ2v) is 6.67. The number of aliphatic hydroxyl groups excluding tert-OH is 1. The number of non-ortho nitro benzene ring substituents is 1. The van der Waals surface area contributed by atoms with Gasteiger partial charge >= 0.3 is 0 Å². The highest BCUT2D eigenvalue weighted by molar-refractivity contribution is 5.81. The lowest BCUT2D eigenvalue weighted by atomic mass is 10.2. The van der Waals surface area contributed by atoms with E-state index in [-0.39, 0.29) is 30.8 Å². The summed E-state index contributed by atoms with van der Waals surface area (Å²) in [5, 5.41) is 23.9. The molecule has 1 aromatic heterocycles. The number of furan rings is 1. The molecule has 28 heavy (non-hydrogen) atoms. The van der Waals surface area contributed by atoms with Crippen molar-refractivity contribution in [1.82, 2.24) is 10.2 Å². The van der Waals surface area contributed by atoms with E-state index in [1.54, 1.807) is 24.5 Å². The van der Waals surface area contributed by atoms with Gasteiger partial charge in [0.25, 0.3) is 5.69 Å². The quantitative estimate of drug-likeness (QED) is 0.495. The van der Waals surface area contributed by atoms with Gasteiger partial charge in [0, 0.05) is 12.6 Å². The van der Waals surface area contributed by atoms with Gasteiger partial charge in [-0.25, -0.2) is 0 Å². The Morgan fingerprint density at radius 2 is 2.29 bits per heavy atom. The lowest BCUT2D eigenvalue weighted by molar-refractivity contribution is -0.384. The number of nitro benzene ring substituents is 1. The third kappa shape index (κ3) is 5.30. The molecule has 2 unspecified atom stereocenters. The van der Waals surface area contributed by atoms with Crippen molar-refractivity contribution >= 4 is 11.6 Å². The SMILES string of the molecule is O=C(NCc1ccco1)C1CCCN1CC(O)COc1cccc([N+](=O)[O-])c1. The zero-order valence-corrected chi connectivity index (χ0v) is 15.3. The molecule has 1 fully saturated rings. The van der Waals surface area contributed by atoms with E-state index in [9.17, 15) is 20.0 Å². The van der Waals surface area contributed by atoms with Crippen LogP contribution >= 0.6 is 0 Å². The van der Waals surface area contributed by atoms with Gasteiger partial charge in [-0.05, 0) is 37.6 Å². The van der Waals surface area contributed by atoms with Gasteiger partial charge in [0.1, 0.15) is 24.2 Å². The van der Waals surface area contributed by atoms with Crippen LogP contribution in [0.15, 0.2) is 47.1 Å². The predicted molar refractivity (Wildman–Crippen MR) is 99.7 cm³/mol. The maximum Gasteiger partial charge on any atom is 0.273 e. The van der Waals surface area contributed by atoms with Crippen molar-refractivity contribution in [2.24, 2.45) is 0 Å². The number of hydrogen-bond donors (Lipinski definition) is 2. The number of carbonyl (C=O) groups is 1. The third-order valence-corrected chi connectivity index (χ3v) is 4.60. The van der Waals surface area contributed by atoms with Crippen molar-refractivity contribution in [2.75, 3.05) is 19.7 Å². The maximum atomic E-state index is 12.4. The first kappa shape index (κ1) is 19.8. The molecule has 0 bridgehead atoms. The maximum absolute atomic E-state index is 12.4. The Hall–Kier alpha value is -2.91. The largest absolute Gasteiger partial charge is 0.491 e. The molecular formula is C19H23N3O6. The molecule has 9 nitrogen and oxygen atoms in total. The lowest BCUT2D eigenvalue weighted by Gasteiger charge is -2.26. The highest BCUT2D eigenvalue weighted by atomic mass is 16.6. The summed E-state index contributed by atoms with van der Waals surface area (Å²) >= 11 is 0.